The number of benzene rings is 1. The monoisotopic (exact) mass is 237 g/mol. The van der Waals surface area contributed by atoms with Crippen LogP contribution in [-0.4, -0.2) is 6.54 Å². The molecule has 1 N–H and O–H groups in total. The molecule has 0 bridgehead atoms. The molecule has 0 aliphatic rings. The van der Waals surface area contributed by atoms with Gasteiger partial charge in [-0.3, -0.25) is 0 Å². The standard InChI is InChI=1S/C10H11ClF3N/c1-2-15-6-7-3-8(10(12,13)14)5-9(11)4-7/h3-5,15H,2,6H2,1H3. The molecule has 0 amide bonds. The first-order valence-corrected chi connectivity index (χ1v) is 4.88. The van der Waals surface area contributed by atoms with Gasteiger partial charge >= 0.3 is 6.18 Å². The van der Waals surface area contributed by atoms with E-state index in [0.29, 0.717) is 18.7 Å². The molecule has 0 aliphatic heterocycles. The Hall–Kier alpha value is -0.740. The molecule has 0 spiro atoms. The molecule has 84 valence electrons. The van der Waals surface area contributed by atoms with E-state index in [1.807, 2.05) is 6.92 Å². The molecule has 0 aliphatic carbocycles. The van der Waals surface area contributed by atoms with Gasteiger partial charge in [-0.2, -0.15) is 13.2 Å². The minimum absolute atomic E-state index is 0.109. The SMILES string of the molecule is CCNCc1cc(Cl)cc(C(F)(F)F)c1. The lowest BCUT2D eigenvalue weighted by molar-refractivity contribution is -0.137. The molecule has 0 saturated carbocycles. The maximum atomic E-state index is 12.4. The third-order valence-corrected chi connectivity index (χ3v) is 2.08. The molecule has 1 aromatic carbocycles. The van der Waals surface area contributed by atoms with Gasteiger partial charge in [0, 0.05) is 11.6 Å². The number of nitrogens with one attached hydrogen (secondary N) is 1. The Morgan fingerprint density at radius 2 is 1.93 bits per heavy atom. The Bertz CT molecular complexity index is 336. The fraction of sp³-hybridized carbons (Fsp3) is 0.400. The number of rotatable bonds is 3. The van der Waals surface area contributed by atoms with E-state index in [1.165, 1.54) is 6.07 Å². The Morgan fingerprint density at radius 3 is 2.47 bits per heavy atom. The molecule has 0 aromatic heterocycles. The molecule has 0 heterocycles. The molecule has 15 heavy (non-hydrogen) atoms. The lowest BCUT2D eigenvalue weighted by atomic mass is 10.1. The first kappa shape index (κ1) is 12.3. The highest BCUT2D eigenvalue weighted by molar-refractivity contribution is 6.30. The van der Waals surface area contributed by atoms with Crippen molar-refractivity contribution in [2.24, 2.45) is 0 Å². The van der Waals surface area contributed by atoms with Crippen LogP contribution in [-0.2, 0) is 12.7 Å². The van der Waals surface area contributed by atoms with Gasteiger partial charge in [-0.1, -0.05) is 18.5 Å². The van der Waals surface area contributed by atoms with Crippen LogP contribution >= 0.6 is 11.6 Å². The zero-order chi connectivity index (χ0) is 11.5. The molecule has 5 heteroatoms. The summed E-state index contributed by atoms with van der Waals surface area (Å²) in [6.45, 7) is 2.98. The van der Waals surface area contributed by atoms with Gasteiger partial charge in [-0.25, -0.2) is 0 Å². The molecule has 1 nitrogen and oxygen atoms in total. The van der Waals surface area contributed by atoms with E-state index in [2.05, 4.69) is 5.32 Å². The Kier molecular flexibility index (Phi) is 3.99. The van der Waals surface area contributed by atoms with Crippen LogP contribution in [0.25, 0.3) is 0 Å². The molecule has 0 fully saturated rings. The molecular formula is C10H11ClF3N. The van der Waals surface area contributed by atoms with Crippen molar-refractivity contribution in [1.29, 1.82) is 0 Å². The minimum Gasteiger partial charge on any atom is -0.313 e. The zero-order valence-electron chi connectivity index (χ0n) is 8.16. The third-order valence-electron chi connectivity index (χ3n) is 1.86. The summed E-state index contributed by atoms with van der Waals surface area (Å²) in [5, 5.41) is 3.05. The summed E-state index contributed by atoms with van der Waals surface area (Å²) in [6, 6.07) is 3.56. The van der Waals surface area contributed by atoms with E-state index < -0.39 is 11.7 Å². The first-order valence-electron chi connectivity index (χ1n) is 4.51. The second-order valence-electron chi connectivity index (χ2n) is 3.13. The van der Waals surface area contributed by atoms with Crippen molar-refractivity contribution in [3.8, 4) is 0 Å². The van der Waals surface area contributed by atoms with Crippen molar-refractivity contribution in [2.45, 2.75) is 19.6 Å². The number of hydrogen-bond donors (Lipinski definition) is 1. The van der Waals surface area contributed by atoms with Gasteiger partial charge in [0.05, 0.1) is 5.56 Å². The molecule has 1 aromatic rings. The van der Waals surface area contributed by atoms with Crippen LogP contribution in [0.1, 0.15) is 18.1 Å². The van der Waals surface area contributed by atoms with Gasteiger partial charge in [0.15, 0.2) is 0 Å². The highest BCUT2D eigenvalue weighted by atomic mass is 35.5. The van der Waals surface area contributed by atoms with E-state index in [0.717, 1.165) is 12.1 Å². The van der Waals surface area contributed by atoms with Crippen molar-refractivity contribution in [1.82, 2.24) is 5.32 Å². The number of halogens is 4. The quantitative estimate of drug-likeness (QED) is 0.849. The predicted molar refractivity (Wildman–Crippen MR) is 53.8 cm³/mol. The van der Waals surface area contributed by atoms with E-state index in [1.54, 1.807) is 0 Å². The minimum atomic E-state index is -4.34. The highest BCUT2D eigenvalue weighted by Gasteiger charge is 2.30. The van der Waals surface area contributed by atoms with Gasteiger partial charge in [0.25, 0.3) is 0 Å². The van der Waals surface area contributed by atoms with E-state index in [9.17, 15) is 13.2 Å². The number of hydrogen-bond acceptors (Lipinski definition) is 1. The van der Waals surface area contributed by atoms with Crippen LogP contribution in [0.15, 0.2) is 18.2 Å². The van der Waals surface area contributed by atoms with Crippen LogP contribution in [0, 0.1) is 0 Å². The smallest absolute Gasteiger partial charge is 0.313 e. The number of alkyl halides is 3. The van der Waals surface area contributed by atoms with Crippen molar-refractivity contribution in [3.63, 3.8) is 0 Å². The topological polar surface area (TPSA) is 12.0 Å². The van der Waals surface area contributed by atoms with Gasteiger partial charge in [0.1, 0.15) is 0 Å². The molecule has 1 rings (SSSR count). The summed E-state index contributed by atoms with van der Waals surface area (Å²) in [4.78, 5) is 0. The first-order chi connectivity index (χ1) is 6.93. The molecule has 0 saturated heterocycles. The van der Waals surface area contributed by atoms with Crippen LogP contribution < -0.4 is 5.32 Å². The van der Waals surface area contributed by atoms with Crippen LogP contribution in [0.4, 0.5) is 13.2 Å². The highest BCUT2D eigenvalue weighted by Crippen LogP contribution is 2.31. The second-order valence-corrected chi connectivity index (χ2v) is 3.56. The molecule has 0 unspecified atom stereocenters. The van der Waals surface area contributed by atoms with Crippen molar-refractivity contribution in [2.75, 3.05) is 6.54 Å². The summed E-state index contributed by atoms with van der Waals surface area (Å²) >= 11 is 5.61. The Balaban J connectivity index is 2.95. The largest absolute Gasteiger partial charge is 0.416 e. The normalized spacial score (nSPS) is 11.8. The van der Waals surface area contributed by atoms with Gasteiger partial charge in [-0.05, 0) is 30.3 Å². The maximum absolute atomic E-state index is 12.4. The predicted octanol–water partition coefficient (Wildman–Crippen LogP) is 3.47. The van der Waals surface area contributed by atoms with Crippen molar-refractivity contribution in [3.05, 3.63) is 34.3 Å². The van der Waals surface area contributed by atoms with Gasteiger partial charge in [-0.15, -0.1) is 0 Å². The lowest BCUT2D eigenvalue weighted by Crippen LogP contribution is -2.13. The van der Waals surface area contributed by atoms with Gasteiger partial charge in [0.2, 0.25) is 0 Å². The average molecular weight is 238 g/mol. The summed E-state index contributed by atoms with van der Waals surface area (Å²) in [5.41, 5.74) is -0.167. The molecule has 0 atom stereocenters. The van der Waals surface area contributed by atoms with Gasteiger partial charge < -0.3 is 5.32 Å². The zero-order valence-corrected chi connectivity index (χ0v) is 8.91. The van der Waals surface area contributed by atoms with Crippen molar-refractivity contribution >= 4 is 11.6 Å². The van der Waals surface area contributed by atoms with E-state index >= 15 is 0 Å². The van der Waals surface area contributed by atoms with E-state index in [-0.39, 0.29) is 5.02 Å². The summed E-state index contributed by atoms with van der Waals surface area (Å²) in [6.07, 6.45) is -4.34. The summed E-state index contributed by atoms with van der Waals surface area (Å²) in [7, 11) is 0. The maximum Gasteiger partial charge on any atom is 0.416 e. The summed E-state index contributed by atoms with van der Waals surface area (Å²) in [5.74, 6) is 0. The summed E-state index contributed by atoms with van der Waals surface area (Å²) < 4.78 is 37.2. The Morgan fingerprint density at radius 1 is 1.27 bits per heavy atom. The van der Waals surface area contributed by atoms with Crippen LogP contribution in [0.3, 0.4) is 0 Å². The fourth-order valence-corrected chi connectivity index (χ4v) is 1.44. The van der Waals surface area contributed by atoms with Crippen molar-refractivity contribution < 1.29 is 13.2 Å². The van der Waals surface area contributed by atoms with Crippen LogP contribution in [0.2, 0.25) is 5.02 Å². The fourth-order valence-electron chi connectivity index (χ4n) is 1.19. The molecule has 0 radical (unpaired) electrons. The van der Waals surface area contributed by atoms with Crippen LogP contribution in [0.5, 0.6) is 0 Å². The lowest BCUT2D eigenvalue weighted by Gasteiger charge is -2.10. The average Bonchev–Trinajstić information content (AvgIpc) is 2.12. The Labute approximate surface area is 91.2 Å². The third kappa shape index (κ3) is 3.72. The molecular weight excluding hydrogens is 227 g/mol. The van der Waals surface area contributed by atoms with E-state index in [4.69, 9.17) is 11.6 Å². The second kappa shape index (κ2) is 4.86.